The van der Waals surface area contributed by atoms with Crippen molar-refractivity contribution in [1.82, 2.24) is 0 Å². The molecular weight excluding hydrogens is 354 g/mol. The Kier molecular flexibility index (Phi) is 3.69. The molecule has 3 nitrogen and oxygen atoms in total. The Labute approximate surface area is 162 Å². The maximum absolute atomic E-state index is 6.35. The Morgan fingerprint density at radius 2 is 1.67 bits per heavy atom. The van der Waals surface area contributed by atoms with E-state index in [4.69, 9.17) is 9.15 Å². The van der Waals surface area contributed by atoms with Gasteiger partial charge in [0.05, 0.1) is 23.4 Å². The van der Waals surface area contributed by atoms with Gasteiger partial charge in [-0.05, 0) is 55.8 Å². The SMILES string of the molecule is COc1ccccc1N1c2ccc(C)cc2Sc2c1oc1ccc(C)cc21. The van der Waals surface area contributed by atoms with Gasteiger partial charge in [-0.1, -0.05) is 41.6 Å². The fourth-order valence-corrected chi connectivity index (χ4v) is 4.80. The van der Waals surface area contributed by atoms with Crippen molar-refractivity contribution in [2.45, 2.75) is 23.6 Å². The monoisotopic (exact) mass is 373 g/mol. The van der Waals surface area contributed by atoms with E-state index in [9.17, 15) is 0 Å². The number of hydrogen-bond donors (Lipinski definition) is 0. The van der Waals surface area contributed by atoms with Crippen LogP contribution in [0.4, 0.5) is 17.3 Å². The van der Waals surface area contributed by atoms with Gasteiger partial charge < -0.3 is 9.15 Å². The molecule has 134 valence electrons. The van der Waals surface area contributed by atoms with Crippen LogP contribution >= 0.6 is 11.8 Å². The Hall–Kier alpha value is -2.85. The van der Waals surface area contributed by atoms with E-state index in [-0.39, 0.29) is 0 Å². The van der Waals surface area contributed by atoms with Crippen LogP contribution in [0.15, 0.2) is 74.9 Å². The van der Waals surface area contributed by atoms with Gasteiger partial charge in [-0.3, -0.25) is 4.90 Å². The molecule has 0 radical (unpaired) electrons. The Morgan fingerprint density at radius 1 is 0.889 bits per heavy atom. The summed E-state index contributed by atoms with van der Waals surface area (Å²) in [7, 11) is 1.70. The summed E-state index contributed by atoms with van der Waals surface area (Å²) in [6, 6.07) is 20.9. The predicted molar refractivity (Wildman–Crippen MR) is 111 cm³/mol. The lowest BCUT2D eigenvalue weighted by atomic mass is 10.1. The summed E-state index contributed by atoms with van der Waals surface area (Å²) in [5, 5.41) is 1.15. The van der Waals surface area contributed by atoms with Gasteiger partial charge >= 0.3 is 0 Å². The van der Waals surface area contributed by atoms with Crippen molar-refractivity contribution in [3.63, 3.8) is 0 Å². The first-order valence-electron chi connectivity index (χ1n) is 8.90. The van der Waals surface area contributed by atoms with E-state index < -0.39 is 0 Å². The number of rotatable bonds is 2. The Bertz CT molecular complexity index is 1180. The number of aryl methyl sites for hydroxylation is 2. The highest BCUT2D eigenvalue weighted by Crippen LogP contribution is 2.56. The molecule has 3 aromatic carbocycles. The van der Waals surface area contributed by atoms with Crippen molar-refractivity contribution in [3.8, 4) is 5.75 Å². The lowest BCUT2D eigenvalue weighted by Crippen LogP contribution is -2.14. The third-order valence-corrected chi connectivity index (χ3v) is 6.02. The van der Waals surface area contributed by atoms with Crippen LogP contribution in [-0.2, 0) is 0 Å². The summed E-state index contributed by atoms with van der Waals surface area (Å²) in [6.45, 7) is 4.24. The van der Waals surface area contributed by atoms with Gasteiger partial charge in [-0.25, -0.2) is 0 Å². The van der Waals surface area contributed by atoms with Crippen LogP contribution in [0.2, 0.25) is 0 Å². The molecule has 5 rings (SSSR count). The third-order valence-electron chi connectivity index (χ3n) is 4.88. The summed E-state index contributed by atoms with van der Waals surface area (Å²) < 4.78 is 12.0. The molecule has 0 unspecified atom stereocenters. The molecule has 1 aromatic heterocycles. The number of benzene rings is 3. The normalized spacial score (nSPS) is 12.8. The molecule has 0 N–H and O–H groups in total. The average Bonchev–Trinajstić information content (AvgIpc) is 3.03. The van der Waals surface area contributed by atoms with Crippen LogP contribution in [0.1, 0.15) is 11.1 Å². The van der Waals surface area contributed by atoms with Crippen LogP contribution < -0.4 is 9.64 Å². The number of fused-ring (bicyclic) bond motifs is 4. The zero-order valence-electron chi connectivity index (χ0n) is 15.4. The van der Waals surface area contributed by atoms with E-state index in [1.165, 1.54) is 16.0 Å². The molecule has 0 saturated heterocycles. The van der Waals surface area contributed by atoms with E-state index >= 15 is 0 Å². The number of hydrogen-bond acceptors (Lipinski definition) is 4. The predicted octanol–water partition coefficient (Wildman–Crippen LogP) is 6.99. The summed E-state index contributed by atoms with van der Waals surface area (Å²) in [4.78, 5) is 4.55. The molecule has 1 aliphatic heterocycles. The van der Waals surface area contributed by atoms with E-state index in [0.29, 0.717) is 0 Å². The highest BCUT2D eigenvalue weighted by atomic mass is 32.2. The molecule has 0 amide bonds. The molecule has 27 heavy (non-hydrogen) atoms. The maximum atomic E-state index is 6.35. The summed E-state index contributed by atoms with van der Waals surface area (Å²) in [5.41, 5.74) is 5.46. The topological polar surface area (TPSA) is 25.6 Å². The minimum absolute atomic E-state index is 0.818. The summed E-state index contributed by atoms with van der Waals surface area (Å²) in [5.74, 6) is 1.67. The van der Waals surface area contributed by atoms with Gasteiger partial charge in [0, 0.05) is 10.3 Å². The molecule has 0 saturated carbocycles. The van der Waals surface area contributed by atoms with E-state index in [1.807, 2.05) is 18.2 Å². The van der Waals surface area contributed by atoms with Crippen LogP contribution in [0.3, 0.4) is 0 Å². The van der Waals surface area contributed by atoms with Crippen molar-refractivity contribution in [2.75, 3.05) is 12.0 Å². The van der Waals surface area contributed by atoms with Crippen LogP contribution in [0.5, 0.6) is 5.75 Å². The number of furan rings is 1. The Morgan fingerprint density at radius 3 is 2.52 bits per heavy atom. The average molecular weight is 373 g/mol. The molecule has 4 heteroatoms. The molecule has 1 aliphatic rings. The second kappa shape index (κ2) is 6.10. The van der Waals surface area contributed by atoms with E-state index in [2.05, 4.69) is 61.2 Å². The molecule has 4 aromatic rings. The fraction of sp³-hybridized carbons (Fsp3) is 0.130. The Balaban J connectivity index is 1.84. The number of methoxy groups -OCH3 is 1. The number of para-hydroxylation sites is 2. The minimum Gasteiger partial charge on any atom is -0.495 e. The molecule has 0 fully saturated rings. The largest absolute Gasteiger partial charge is 0.495 e. The molecule has 2 heterocycles. The molecule has 0 aliphatic carbocycles. The van der Waals surface area contributed by atoms with Gasteiger partial charge in [0.2, 0.25) is 5.88 Å². The van der Waals surface area contributed by atoms with E-state index in [1.54, 1.807) is 18.9 Å². The highest BCUT2D eigenvalue weighted by molar-refractivity contribution is 8.00. The lowest BCUT2D eigenvalue weighted by molar-refractivity contribution is 0.415. The first kappa shape index (κ1) is 16.3. The van der Waals surface area contributed by atoms with Crippen molar-refractivity contribution in [1.29, 1.82) is 0 Å². The smallest absolute Gasteiger partial charge is 0.220 e. The molecule has 0 spiro atoms. The third kappa shape index (κ3) is 2.52. The number of anilines is 3. The molecular formula is C23H19NO2S. The summed E-state index contributed by atoms with van der Waals surface area (Å²) >= 11 is 1.78. The zero-order chi connectivity index (χ0) is 18.5. The summed E-state index contributed by atoms with van der Waals surface area (Å²) in [6.07, 6.45) is 0. The van der Waals surface area contributed by atoms with Crippen molar-refractivity contribution >= 4 is 40.0 Å². The van der Waals surface area contributed by atoms with Crippen LogP contribution in [-0.4, -0.2) is 7.11 Å². The highest BCUT2D eigenvalue weighted by Gasteiger charge is 2.31. The van der Waals surface area contributed by atoms with Crippen molar-refractivity contribution in [2.24, 2.45) is 0 Å². The minimum atomic E-state index is 0.818. The van der Waals surface area contributed by atoms with Gasteiger partial charge in [0.15, 0.2) is 0 Å². The van der Waals surface area contributed by atoms with Crippen molar-refractivity contribution in [3.05, 3.63) is 71.8 Å². The van der Waals surface area contributed by atoms with Gasteiger partial charge in [0.25, 0.3) is 0 Å². The quantitative estimate of drug-likeness (QED) is 0.333. The number of nitrogens with zero attached hydrogens (tertiary/aromatic N) is 1. The van der Waals surface area contributed by atoms with Crippen LogP contribution in [0, 0.1) is 13.8 Å². The second-order valence-corrected chi connectivity index (χ2v) is 7.87. The molecule has 0 bridgehead atoms. The standard InChI is InChI=1S/C23H19NO2S/c1-14-9-11-19-16(12-14)22-23(26-19)24(17-6-4-5-7-20(17)25-3)18-10-8-15(2)13-21(18)27-22/h4-13H,1-3H3. The fourth-order valence-electron chi connectivity index (χ4n) is 3.58. The van der Waals surface area contributed by atoms with Gasteiger partial charge in [-0.15, -0.1) is 0 Å². The van der Waals surface area contributed by atoms with Crippen molar-refractivity contribution < 1.29 is 9.15 Å². The number of ether oxygens (including phenoxy) is 1. The van der Waals surface area contributed by atoms with Gasteiger partial charge in [-0.2, -0.15) is 0 Å². The van der Waals surface area contributed by atoms with Crippen LogP contribution in [0.25, 0.3) is 11.0 Å². The first-order chi connectivity index (χ1) is 13.2. The second-order valence-electron chi connectivity index (χ2n) is 6.82. The maximum Gasteiger partial charge on any atom is 0.220 e. The van der Waals surface area contributed by atoms with E-state index in [0.717, 1.165) is 38.9 Å². The first-order valence-corrected chi connectivity index (χ1v) is 9.72. The zero-order valence-corrected chi connectivity index (χ0v) is 16.3. The van der Waals surface area contributed by atoms with Gasteiger partial charge in [0.1, 0.15) is 11.3 Å². The molecule has 0 atom stereocenters. The lowest BCUT2D eigenvalue weighted by Gasteiger charge is -2.30.